The van der Waals surface area contributed by atoms with Gasteiger partial charge >= 0.3 is 6.03 Å². The van der Waals surface area contributed by atoms with Gasteiger partial charge in [-0.15, -0.1) is 0 Å². The number of aromatic amines is 1. The molecule has 4 heterocycles. The van der Waals surface area contributed by atoms with E-state index in [-0.39, 0.29) is 29.1 Å². The Morgan fingerprint density at radius 1 is 1.02 bits per heavy atom. The Hall–Kier alpha value is -4.50. The van der Waals surface area contributed by atoms with Crippen LogP contribution in [0.15, 0.2) is 72.8 Å². The van der Waals surface area contributed by atoms with E-state index in [2.05, 4.69) is 10.3 Å². The van der Waals surface area contributed by atoms with Crippen molar-refractivity contribution >= 4 is 34.4 Å². The summed E-state index contributed by atoms with van der Waals surface area (Å²) in [6.07, 6.45) is 2.12. The molecule has 0 spiro atoms. The summed E-state index contributed by atoms with van der Waals surface area (Å²) in [5, 5.41) is 3.88. The van der Waals surface area contributed by atoms with Crippen LogP contribution in [-0.4, -0.2) is 53.0 Å². The van der Waals surface area contributed by atoms with Gasteiger partial charge in [0.05, 0.1) is 17.4 Å². The Morgan fingerprint density at radius 3 is 2.60 bits per heavy atom. The van der Waals surface area contributed by atoms with Crippen LogP contribution in [0.3, 0.4) is 0 Å². The number of carbonyl (C=O) groups excluding carboxylic acids is 3. The van der Waals surface area contributed by atoms with Crippen molar-refractivity contribution in [3.63, 3.8) is 0 Å². The lowest BCUT2D eigenvalue weighted by molar-refractivity contribution is -0.120. The largest absolute Gasteiger partial charge is 0.376 e. The zero-order valence-corrected chi connectivity index (χ0v) is 21.6. The normalized spacial score (nSPS) is 22.1. The van der Waals surface area contributed by atoms with Crippen molar-refractivity contribution in [1.82, 2.24) is 15.2 Å². The molecule has 0 unspecified atom stereocenters. The minimum Gasteiger partial charge on any atom is -0.376 e. The van der Waals surface area contributed by atoms with Crippen LogP contribution in [0.4, 0.5) is 14.9 Å². The van der Waals surface area contributed by atoms with Crippen LogP contribution in [0, 0.1) is 5.82 Å². The minimum atomic E-state index is -0.780. The number of nitrogens with zero attached hydrogens (tertiary/aromatic N) is 2. The number of anilines is 1. The summed E-state index contributed by atoms with van der Waals surface area (Å²) in [6, 6.07) is 18.5. The van der Waals surface area contributed by atoms with Crippen LogP contribution in [0.2, 0.25) is 0 Å². The van der Waals surface area contributed by atoms with Gasteiger partial charge < -0.3 is 15.0 Å². The van der Waals surface area contributed by atoms with Crippen LogP contribution in [0.5, 0.6) is 0 Å². The third-order valence-corrected chi connectivity index (χ3v) is 8.14. The highest BCUT2D eigenvalue weighted by atomic mass is 19.1. The molecule has 4 aromatic rings. The summed E-state index contributed by atoms with van der Waals surface area (Å²) >= 11 is 0. The van der Waals surface area contributed by atoms with Gasteiger partial charge in [0, 0.05) is 36.2 Å². The van der Waals surface area contributed by atoms with Crippen molar-refractivity contribution in [3.8, 4) is 0 Å². The van der Waals surface area contributed by atoms with E-state index in [1.165, 1.54) is 12.1 Å². The number of fused-ring (bicyclic) bond motifs is 4. The molecule has 9 heteroatoms. The maximum atomic E-state index is 14.2. The maximum absolute atomic E-state index is 14.2. The lowest BCUT2D eigenvalue weighted by Crippen LogP contribution is -2.44. The predicted octanol–water partition coefficient (Wildman–Crippen LogP) is 4.70. The Kier molecular flexibility index (Phi) is 5.89. The molecule has 202 valence electrons. The zero-order valence-electron chi connectivity index (χ0n) is 21.6. The number of hydrogen-bond acceptors (Lipinski definition) is 4. The number of ether oxygens (including phenoxy) is 1. The number of halogens is 1. The first kappa shape index (κ1) is 24.5. The van der Waals surface area contributed by atoms with E-state index < -0.39 is 24.0 Å². The lowest BCUT2D eigenvalue weighted by atomic mass is 9.89. The number of imide groups is 1. The first-order valence-electron chi connectivity index (χ1n) is 13.5. The number of para-hydroxylation sites is 2. The number of carbonyl (C=O) groups is 3. The van der Waals surface area contributed by atoms with E-state index >= 15 is 0 Å². The summed E-state index contributed by atoms with van der Waals surface area (Å²) in [5.41, 5.74) is 3.83. The van der Waals surface area contributed by atoms with E-state index in [4.69, 9.17) is 4.74 Å². The van der Waals surface area contributed by atoms with Gasteiger partial charge in [-0.2, -0.15) is 0 Å². The third kappa shape index (κ3) is 3.88. The number of benzene rings is 3. The van der Waals surface area contributed by atoms with Crippen LogP contribution < -0.4 is 10.2 Å². The van der Waals surface area contributed by atoms with Gasteiger partial charge in [-0.05, 0) is 54.3 Å². The molecule has 1 aromatic heterocycles. The zero-order chi connectivity index (χ0) is 27.4. The molecular formula is C31H27FN4O4. The molecular weight excluding hydrogens is 511 g/mol. The van der Waals surface area contributed by atoms with E-state index in [0.717, 1.165) is 39.9 Å². The molecule has 0 aliphatic carbocycles. The Balaban J connectivity index is 1.29. The van der Waals surface area contributed by atoms with Gasteiger partial charge in [-0.1, -0.05) is 42.5 Å². The third-order valence-electron chi connectivity index (χ3n) is 8.14. The molecule has 3 aliphatic heterocycles. The molecule has 0 radical (unpaired) electrons. The number of aromatic nitrogens is 1. The second-order valence-corrected chi connectivity index (χ2v) is 10.5. The average Bonchev–Trinajstić information content (AvgIpc) is 3.69. The predicted molar refractivity (Wildman–Crippen MR) is 147 cm³/mol. The molecule has 2 N–H and O–H groups in total. The summed E-state index contributed by atoms with van der Waals surface area (Å²) in [5.74, 6) is -1.16. The van der Waals surface area contributed by atoms with Gasteiger partial charge in [0.2, 0.25) is 0 Å². The topological polar surface area (TPSA) is 94.7 Å². The Labute approximate surface area is 229 Å². The first-order valence-corrected chi connectivity index (χ1v) is 13.5. The highest BCUT2D eigenvalue weighted by molar-refractivity contribution is 6.24. The average molecular weight is 539 g/mol. The quantitative estimate of drug-likeness (QED) is 0.360. The summed E-state index contributed by atoms with van der Waals surface area (Å²) in [6.45, 7) is 1.04. The molecule has 0 bridgehead atoms. The molecule has 0 saturated carbocycles. The molecule has 3 aliphatic rings. The van der Waals surface area contributed by atoms with E-state index in [1.54, 1.807) is 41.3 Å². The van der Waals surface area contributed by atoms with E-state index in [0.29, 0.717) is 25.1 Å². The van der Waals surface area contributed by atoms with Gasteiger partial charge in [0.15, 0.2) is 0 Å². The van der Waals surface area contributed by atoms with Crippen LogP contribution in [0.1, 0.15) is 46.1 Å². The van der Waals surface area contributed by atoms with Crippen molar-refractivity contribution in [3.05, 3.63) is 101 Å². The van der Waals surface area contributed by atoms with Crippen molar-refractivity contribution in [2.24, 2.45) is 0 Å². The van der Waals surface area contributed by atoms with Crippen molar-refractivity contribution in [2.75, 3.05) is 18.1 Å². The number of nitrogens with one attached hydrogen (secondary N) is 2. The summed E-state index contributed by atoms with van der Waals surface area (Å²) in [4.78, 5) is 47.6. The number of hydrogen-bond donors (Lipinski definition) is 2. The Morgan fingerprint density at radius 2 is 1.80 bits per heavy atom. The molecule has 4 amide bonds. The van der Waals surface area contributed by atoms with Crippen molar-refractivity contribution in [2.45, 2.75) is 37.5 Å². The molecule has 2 saturated heterocycles. The van der Waals surface area contributed by atoms with Crippen LogP contribution >= 0.6 is 0 Å². The highest BCUT2D eigenvalue weighted by Crippen LogP contribution is 2.45. The maximum Gasteiger partial charge on any atom is 0.332 e. The standard InChI is InChI=1S/C31H27FN4O4/c32-19-13-11-18(12-14-19)28-27-23(21-7-1-3-9-24(21)34-27)16-26-30(38)36(31(39)35(26)28)25-10-4-2-8-22(25)29(37)33-17-20-6-5-15-40-20/h1-4,7-14,20,26,28,34H,5-6,15-17H2,(H,33,37)/t20-,26+,28+/m1/s1. The second-order valence-electron chi connectivity index (χ2n) is 10.5. The summed E-state index contributed by atoms with van der Waals surface area (Å²) in [7, 11) is 0. The smallest absolute Gasteiger partial charge is 0.332 e. The fraction of sp³-hybridized carbons (Fsp3) is 0.258. The number of H-pyrrole nitrogens is 1. The van der Waals surface area contributed by atoms with Crippen LogP contribution in [0.25, 0.3) is 10.9 Å². The molecule has 2 fully saturated rings. The number of rotatable bonds is 5. The SMILES string of the molecule is O=C(NC[C@H]1CCCO1)c1ccccc1N1C(=O)[C@@H]2Cc3c([nH]c4ccccc34)[C@H](c3ccc(F)cc3)N2C1=O. The van der Waals surface area contributed by atoms with Gasteiger partial charge in [0.25, 0.3) is 11.8 Å². The van der Waals surface area contributed by atoms with Gasteiger partial charge in [-0.3, -0.25) is 14.5 Å². The fourth-order valence-corrected chi connectivity index (χ4v) is 6.26. The molecule has 8 nitrogen and oxygen atoms in total. The highest BCUT2D eigenvalue weighted by Gasteiger charge is 2.53. The van der Waals surface area contributed by atoms with E-state index in [9.17, 15) is 18.8 Å². The molecule has 40 heavy (non-hydrogen) atoms. The monoisotopic (exact) mass is 538 g/mol. The van der Waals surface area contributed by atoms with E-state index in [1.807, 2.05) is 24.3 Å². The Bertz CT molecular complexity index is 1640. The summed E-state index contributed by atoms with van der Waals surface area (Å²) < 4.78 is 19.5. The van der Waals surface area contributed by atoms with Crippen molar-refractivity contribution in [1.29, 1.82) is 0 Å². The molecule has 3 atom stereocenters. The fourth-order valence-electron chi connectivity index (χ4n) is 6.26. The minimum absolute atomic E-state index is 0.0413. The van der Waals surface area contributed by atoms with Crippen molar-refractivity contribution < 1.29 is 23.5 Å². The number of urea groups is 1. The second kappa shape index (κ2) is 9.60. The van der Waals surface area contributed by atoms with Gasteiger partial charge in [0.1, 0.15) is 17.9 Å². The lowest BCUT2D eigenvalue weighted by Gasteiger charge is -2.36. The molecule has 7 rings (SSSR count). The van der Waals surface area contributed by atoms with Crippen LogP contribution in [-0.2, 0) is 16.0 Å². The molecule has 3 aromatic carbocycles. The number of amides is 4. The first-order chi connectivity index (χ1) is 19.5. The van der Waals surface area contributed by atoms with Gasteiger partial charge in [-0.25, -0.2) is 14.1 Å².